The second-order valence-electron chi connectivity index (χ2n) is 6.31. The lowest BCUT2D eigenvalue weighted by molar-refractivity contribution is -0.147. The van der Waals surface area contributed by atoms with Crippen molar-refractivity contribution in [1.29, 1.82) is 5.26 Å². The van der Waals surface area contributed by atoms with E-state index >= 15 is 0 Å². The number of nitrogens with zero attached hydrogens (tertiary/aromatic N) is 3. The first-order valence-corrected chi connectivity index (χ1v) is 8.88. The summed E-state index contributed by atoms with van der Waals surface area (Å²) in [5.41, 5.74) is 1.24. The molecule has 1 aromatic heterocycles. The number of rotatable bonds is 6. The first-order valence-electron chi connectivity index (χ1n) is 8.88. The summed E-state index contributed by atoms with van der Waals surface area (Å²) in [5, 5.41) is 11.9. The van der Waals surface area contributed by atoms with Crippen LogP contribution in [0.2, 0.25) is 0 Å². The monoisotopic (exact) mass is 390 g/mol. The third kappa shape index (κ3) is 4.84. The van der Waals surface area contributed by atoms with Gasteiger partial charge in [-0.25, -0.2) is 4.98 Å². The summed E-state index contributed by atoms with van der Waals surface area (Å²) < 4.78 is 6.39. The molecular formula is C21H18N4O4. The molecule has 1 amide bonds. The number of nitriles is 1. The van der Waals surface area contributed by atoms with E-state index < -0.39 is 18.5 Å². The SMILES string of the molecule is Cn1c(CCC(=O)OCC(=O)Nc2cccc(C#N)c2)nc2ccccc2c1=O. The highest BCUT2D eigenvalue weighted by Crippen LogP contribution is 2.10. The van der Waals surface area contributed by atoms with Gasteiger partial charge in [0, 0.05) is 19.2 Å². The molecule has 0 radical (unpaired) electrons. The Morgan fingerprint density at radius 1 is 1.21 bits per heavy atom. The molecule has 0 bridgehead atoms. The Hall–Kier alpha value is -3.99. The predicted octanol–water partition coefficient (Wildman–Crippen LogP) is 1.92. The number of esters is 1. The van der Waals surface area contributed by atoms with E-state index in [1.807, 2.05) is 6.07 Å². The van der Waals surface area contributed by atoms with Gasteiger partial charge in [0.15, 0.2) is 6.61 Å². The van der Waals surface area contributed by atoms with E-state index in [0.29, 0.717) is 28.0 Å². The number of hydrogen-bond donors (Lipinski definition) is 1. The van der Waals surface area contributed by atoms with E-state index in [-0.39, 0.29) is 18.4 Å². The van der Waals surface area contributed by atoms with Crippen LogP contribution in [-0.4, -0.2) is 28.0 Å². The molecule has 0 aliphatic heterocycles. The molecular weight excluding hydrogens is 372 g/mol. The molecule has 2 aromatic carbocycles. The van der Waals surface area contributed by atoms with Crippen LogP contribution in [-0.2, 0) is 27.8 Å². The van der Waals surface area contributed by atoms with Crippen LogP contribution in [0.25, 0.3) is 10.9 Å². The molecule has 0 spiro atoms. The second-order valence-corrected chi connectivity index (χ2v) is 6.31. The Bertz CT molecular complexity index is 1180. The average Bonchev–Trinajstić information content (AvgIpc) is 2.74. The van der Waals surface area contributed by atoms with Crippen molar-refractivity contribution in [2.24, 2.45) is 7.05 Å². The molecule has 8 heteroatoms. The number of para-hydroxylation sites is 1. The molecule has 3 rings (SSSR count). The summed E-state index contributed by atoms with van der Waals surface area (Å²) in [6, 6.07) is 15.4. The van der Waals surface area contributed by atoms with Crippen LogP contribution in [0.5, 0.6) is 0 Å². The lowest BCUT2D eigenvalue weighted by Crippen LogP contribution is -2.24. The summed E-state index contributed by atoms with van der Waals surface area (Å²) in [6.45, 7) is -0.445. The Balaban J connectivity index is 1.54. The second kappa shape index (κ2) is 8.80. The molecule has 1 N–H and O–H groups in total. The maximum Gasteiger partial charge on any atom is 0.306 e. The van der Waals surface area contributed by atoms with Gasteiger partial charge in [-0.15, -0.1) is 0 Å². The van der Waals surface area contributed by atoms with Gasteiger partial charge < -0.3 is 10.1 Å². The van der Waals surface area contributed by atoms with Crippen molar-refractivity contribution in [2.75, 3.05) is 11.9 Å². The molecule has 8 nitrogen and oxygen atoms in total. The van der Waals surface area contributed by atoms with E-state index in [4.69, 9.17) is 10.00 Å². The van der Waals surface area contributed by atoms with Crippen molar-refractivity contribution in [1.82, 2.24) is 9.55 Å². The number of aryl methyl sites for hydroxylation is 1. The minimum absolute atomic E-state index is 0.0180. The highest BCUT2D eigenvalue weighted by atomic mass is 16.5. The van der Waals surface area contributed by atoms with Crippen molar-refractivity contribution in [3.05, 3.63) is 70.3 Å². The molecule has 3 aromatic rings. The zero-order valence-electron chi connectivity index (χ0n) is 15.7. The highest BCUT2D eigenvalue weighted by Gasteiger charge is 2.12. The lowest BCUT2D eigenvalue weighted by atomic mass is 10.2. The number of ether oxygens (including phenoxy) is 1. The zero-order valence-corrected chi connectivity index (χ0v) is 15.7. The van der Waals surface area contributed by atoms with Gasteiger partial charge in [0.25, 0.3) is 11.5 Å². The quantitative estimate of drug-likeness (QED) is 0.643. The summed E-state index contributed by atoms with van der Waals surface area (Å²) in [6.07, 6.45) is 0.192. The Morgan fingerprint density at radius 3 is 2.79 bits per heavy atom. The van der Waals surface area contributed by atoms with Gasteiger partial charge in [-0.3, -0.25) is 19.0 Å². The Morgan fingerprint density at radius 2 is 2.00 bits per heavy atom. The number of carbonyl (C=O) groups excluding carboxylic acids is 2. The molecule has 29 heavy (non-hydrogen) atoms. The molecule has 0 fully saturated rings. The largest absolute Gasteiger partial charge is 0.456 e. The fourth-order valence-corrected chi connectivity index (χ4v) is 2.78. The Kier molecular flexibility index (Phi) is 6.00. The van der Waals surface area contributed by atoms with E-state index in [0.717, 1.165) is 0 Å². The predicted molar refractivity (Wildman–Crippen MR) is 106 cm³/mol. The summed E-state index contributed by atoms with van der Waals surface area (Å²) in [5.74, 6) is -0.624. The van der Waals surface area contributed by atoms with Crippen LogP contribution >= 0.6 is 0 Å². The van der Waals surface area contributed by atoms with Crippen molar-refractivity contribution < 1.29 is 14.3 Å². The summed E-state index contributed by atoms with van der Waals surface area (Å²) in [7, 11) is 1.60. The highest BCUT2D eigenvalue weighted by molar-refractivity contribution is 5.92. The van der Waals surface area contributed by atoms with Crippen molar-refractivity contribution in [3.8, 4) is 6.07 Å². The molecule has 0 aliphatic rings. The molecule has 0 unspecified atom stereocenters. The number of amides is 1. The van der Waals surface area contributed by atoms with Crippen LogP contribution in [0, 0.1) is 11.3 Å². The first kappa shape index (κ1) is 19.8. The smallest absolute Gasteiger partial charge is 0.306 e. The number of benzene rings is 2. The number of hydrogen-bond acceptors (Lipinski definition) is 6. The summed E-state index contributed by atoms with van der Waals surface area (Å²) >= 11 is 0. The topological polar surface area (TPSA) is 114 Å². The van der Waals surface area contributed by atoms with Gasteiger partial charge in [0.2, 0.25) is 0 Å². The van der Waals surface area contributed by atoms with Gasteiger partial charge >= 0.3 is 5.97 Å². The van der Waals surface area contributed by atoms with Gasteiger partial charge in [-0.05, 0) is 30.3 Å². The minimum Gasteiger partial charge on any atom is -0.456 e. The van der Waals surface area contributed by atoms with Crippen LogP contribution in [0.1, 0.15) is 17.8 Å². The van der Waals surface area contributed by atoms with Crippen LogP contribution in [0.3, 0.4) is 0 Å². The fraction of sp³-hybridized carbons (Fsp3) is 0.190. The molecule has 1 heterocycles. The van der Waals surface area contributed by atoms with Crippen molar-refractivity contribution >= 4 is 28.5 Å². The molecule has 0 atom stereocenters. The van der Waals surface area contributed by atoms with Crippen molar-refractivity contribution in [3.63, 3.8) is 0 Å². The number of fused-ring (bicyclic) bond motifs is 1. The molecule has 146 valence electrons. The number of carbonyl (C=O) groups is 2. The molecule has 0 saturated carbocycles. The number of nitrogens with one attached hydrogen (secondary N) is 1. The zero-order chi connectivity index (χ0) is 20.8. The van der Waals surface area contributed by atoms with Crippen LogP contribution in [0.15, 0.2) is 53.3 Å². The fourth-order valence-electron chi connectivity index (χ4n) is 2.78. The normalized spacial score (nSPS) is 10.3. The molecule has 0 saturated heterocycles. The van der Waals surface area contributed by atoms with E-state index in [1.54, 1.807) is 49.5 Å². The van der Waals surface area contributed by atoms with Crippen LogP contribution < -0.4 is 10.9 Å². The molecule has 0 aliphatic carbocycles. The van der Waals surface area contributed by atoms with E-state index in [1.165, 1.54) is 10.6 Å². The summed E-state index contributed by atoms with van der Waals surface area (Å²) in [4.78, 5) is 40.7. The standard InChI is InChI=1S/C21H18N4O4/c1-25-18(24-17-8-3-2-7-16(17)21(25)28)9-10-20(27)29-13-19(26)23-15-6-4-5-14(11-15)12-22/h2-8,11H,9-10,13H2,1H3,(H,23,26). The van der Waals surface area contributed by atoms with Gasteiger partial charge in [0.1, 0.15) is 5.82 Å². The average molecular weight is 390 g/mol. The minimum atomic E-state index is -0.576. The Labute approximate surface area is 166 Å². The van der Waals surface area contributed by atoms with E-state index in [2.05, 4.69) is 10.3 Å². The third-order valence-corrected chi connectivity index (χ3v) is 4.27. The number of anilines is 1. The third-order valence-electron chi connectivity index (χ3n) is 4.27. The van der Waals surface area contributed by atoms with Gasteiger partial charge in [-0.2, -0.15) is 5.26 Å². The lowest BCUT2D eigenvalue weighted by Gasteiger charge is -2.09. The van der Waals surface area contributed by atoms with Gasteiger partial charge in [0.05, 0.1) is 29.0 Å². The number of aromatic nitrogens is 2. The first-order chi connectivity index (χ1) is 14.0. The van der Waals surface area contributed by atoms with Gasteiger partial charge in [-0.1, -0.05) is 18.2 Å². The maximum atomic E-state index is 12.4. The maximum absolute atomic E-state index is 12.4. The van der Waals surface area contributed by atoms with Crippen LogP contribution in [0.4, 0.5) is 5.69 Å². The van der Waals surface area contributed by atoms with Crippen molar-refractivity contribution in [2.45, 2.75) is 12.8 Å². The van der Waals surface area contributed by atoms with E-state index in [9.17, 15) is 14.4 Å².